The molecule has 0 saturated heterocycles. The Balaban J connectivity index is 1.87. The van der Waals surface area contributed by atoms with E-state index in [1.165, 1.54) is 20.4 Å². The Morgan fingerprint density at radius 3 is 2.38 bits per heavy atom. The number of hydrogen-bond acceptors (Lipinski definition) is 6. The molecule has 0 saturated carbocycles. The fraction of sp³-hybridized carbons (Fsp3) is 0.120. The van der Waals surface area contributed by atoms with Crippen LogP contribution in [-0.2, 0) is 9.53 Å². The number of hydrogen-bond donors (Lipinski definition) is 1. The van der Waals surface area contributed by atoms with Crippen LogP contribution < -0.4 is 10.1 Å². The third-order valence-electron chi connectivity index (χ3n) is 5.06. The SMILES string of the molecule is COC(=O)C(NC(=O)c1c(OC)c(-c2ccccc2)nc2ccccc12)c1cccnc1. The maximum atomic E-state index is 13.6. The van der Waals surface area contributed by atoms with Gasteiger partial charge in [0.1, 0.15) is 5.69 Å². The number of nitrogens with one attached hydrogen (secondary N) is 1. The number of methoxy groups -OCH3 is 2. The molecule has 0 aliphatic heterocycles. The summed E-state index contributed by atoms with van der Waals surface area (Å²) in [6, 6.07) is 19.1. The van der Waals surface area contributed by atoms with E-state index in [0.717, 1.165) is 5.56 Å². The summed E-state index contributed by atoms with van der Waals surface area (Å²) in [5, 5.41) is 3.39. The zero-order valence-electron chi connectivity index (χ0n) is 17.6. The molecule has 0 radical (unpaired) electrons. The summed E-state index contributed by atoms with van der Waals surface area (Å²) in [6.07, 6.45) is 3.10. The first-order chi connectivity index (χ1) is 15.6. The van der Waals surface area contributed by atoms with Crippen molar-refractivity contribution < 1.29 is 19.1 Å². The van der Waals surface area contributed by atoms with Gasteiger partial charge in [0.2, 0.25) is 0 Å². The van der Waals surface area contributed by atoms with Crippen molar-refractivity contribution >= 4 is 22.8 Å². The number of benzene rings is 2. The van der Waals surface area contributed by atoms with Gasteiger partial charge in [0, 0.05) is 28.9 Å². The monoisotopic (exact) mass is 427 g/mol. The van der Waals surface area contributed by atoms with E-state index in [0.29, 0.717) is 27.9 Å². The lowest BCUT2D eigenvalue weighted by Gasteiger charge is -2.20. The highest BCUT2D eigenvalue weighted by Crippen LogP contribution is 2.36. The first-order valence-corrected chi connectivity index (χ1v) is 9.94. The molecule has 4 aromatic rings. The lowest BCUT2D eigenvalue weighted by molar-refractivity contribution is -0.143. The van der Waals surface area contributed by atoms with Crippen molar-refractivity contribution in [3.05, 3.63) is 90.3 Å². The second-order valence-electron chi connectivity index (χ2n) is 6.97. The van der Waals surface area contributed by atoms with Crippen LogP contribution in [0.15, 0.2) is 79.1 Å². The Morgan fingerprint density at radius 2 is 1.69 bits per heavy atom. The second kappa shape index (κ2) is 9.26. The predicted molar refractivity (Wildman–Crippen MR) is 120 cm³/mol. The number of ether oxygens (including phenoxy) is 2. The van der Waals surface area contributed by atoms with Crippen molar-refractivity contribution in [3.63, 3.8) is 0 Å². The average molecular weight is 427 g/mol. The van der Waals surface area contributed by atoms with Crippen molar-refractivity contribution in [2.45, 2.75) is 6.04 Å². The number of carbonyl (C=O) groups excluding carboxylic acids is 2. The molecule has 7 heteroatoms. The molecule has 1 N–H and O–H groups in total. The Bertz CT molecular complexity index is 1260. The molecule has 2 heterocycles. The summed E-state index contributed by atoms with van der Waals surface area (Å²) >= 11 is 0. The third kappa shape index (κ3) is 4.00. The number of amides is 1. The Kier molecular flexibility index (Phi) is 6.07. The van der Waals surface area contributed by atoms with Crippen LogP contribution in [0.4, 0.5) is 0 Å². The topological polar surface area (TPSA) is 90.4 Å². The Labute approximate surface area is 185 Å². The number of esters is 1. The van der Waals surface area contributed by atoms with Crippen molar-refractivity contribution in [3.8, 4) is 17.0 Å². The molecule has 0 aliphatic rings. The van der Waals surface area contributed by atoms with Crippen molar-refractivity contribution in [1.29, 1.82) is 0 Å². The Morgan fingerprint density at radius 1 is 0.938 bits per heavy atom. The molecule has 4 rings (SSSR count). The van der Waals surface area contributed by atoms with Crippen LogP contribution in [0.5, 0.6) is 5.75 Å². The van der Waals surface area contributed by atoms with E-state index in [1.54, 1.807) is 24.4 Å². The molecule has 2 aromatic carbocycles. The van der Waals surface area contributed by atoms with Gasteiger partial charge < -0.3 is 14.8 Å². The van der Waals surface area contributed by atoms with Crippen LogP contribution >= 0.6 is 0 Å². The highest BCUT2D eigenvalue weighted by molar-refractivity contribution is 6.11. The van der Waals surface area contributed by atoms with Crippen LogP contribution in [0, 0.1) is 0 Å². The van der Waals surface area contributed by atoms with Gasteiger partial charge in [-0.25, -0.2) is 9.78 Å². The molecule has 160 valence electrons. The summed E-state index contributed by atoms with van der Waals surface area (Å²) in [5.41, 5.74) is 2.77. The zero-order chi connectivity index (χ0) is 22.5. The van der Waals surface area contributed by atoms with E-state index in [1.807, 2.05) is 48.5 Å². The lowest BCUT2D eigenvalue weighted by atomic mass is 10.0. The quantitative estimate of drug-likeness (QED) is 0.469. The first kappa shape index (κ1) is 21.0. The van der Waals surface area contributed by atoms with Gasteiger partial charge in [0.15, 0.2) is 11.8 Å². The van der Waals surface area contributed by atoms with Crippen LogP contribution in [0.1, 0.15) is 22.0 Å². The smallest absolute Gasteiger partial charge is 0.333 e. The minimum atomic E-state index is -1.03. The van der Waals surface area contributed by atoms with E-state index in [4.69, 9.17) is 14.5 Å². The third-order valence-corrected chi connectivity index (χ3v) is 5.06. The average Bonchev–Trinajstić information content (AvgIpc) is 2.86. The fourth-order valence-corrected chi connectivity index (χ4v) is 3.56. The maximum Gasteiger partial charge on any atom is 0.333 e. The van der Waals surface area contributed by atoms with Gasteiger partial charge in [0.05, 0.1) is 25.3 Å². The predicted octanol–water partition coefficient (Wildman–Crippen LogP) is 3.95. The lowest BCUT2D eigenvalue weighted by Crippen LogP contribution is -2.35. The van der Waals surface area contributed by atoms with Gasteiger partial charge in [-0.15, -0.1) is 0 Å². The van der Waals surface area contributed by atoms with Crippen molar-refractivity contribution in [1.82, 2.24) is 15.3 Å². The van der Waals surface area contributed by atoms with Crippen molar-refractivity contribution in [2.24, 2.45) is 0 Å². The molecule has 0 fully saturated rings. The molecule has 1 amide bonds. The Hall–Kier alpha value is -4.26. The minimum absolute atomic E-state index is 0.287. The highest BCUT2D eigenvalue weighted by atomic mass is 16.5. The van der Waals surface area contributed by atoms with Crippen LogP contribution in [0.25, 0.3) is 22.2 Å². The van der Waals surface area contributed by atoms with Crippen LogP contribution in [-0.4, -0.2) is 36.1 Å². The van der Waals surface area contributed by atoms with Crippen molar-refractivity contribution in [2.75, 3.05) is 14.2 Å². The minimum Gasteiger partial charge on any atom is -0.494 e. The molecular formula is C25H21N3O4. The standard InChI is InChI=1S/C25H21N3O4/c1-31-23-20(24(29)28-22(25(30)32-2)17-11-8-14-26-15-17)18-12-6-7-13-19(18)27-21(23)16-9-4-3-5-10-16/h3-15,22H,1-2H3,(H,28,29). The maximum absolute atomic E-state index is 13.6. The largest absolute Gasteiger partial charge is 0.494 e. The summed E-state index contributed by atoms with van der Waals surface area (Å²) in [6.45, 7) is 0. The van der Waals surface area contributed by atoms with E-state index in [-0.39, 0.29) is 5.56 Å². The number of nitrogens with zero attached hydrogens (tertiary/aromatic N) is 2. The van der Waals surface area contributed by atoms with E-state index in [9.17, 15) is 9.59 Å². The van der Waals surface area contributed by atoms with Gasteiger partial charge in [-0.3, -0.25) is 9.78 Å². The zero-order valence-corrected chi connectivity index (χ0v) is 17.6. The van der Waals surface area contributed by atoms with E-state index >= 15 is 0 Å². The van der Waals surface area contributed by atoms with Gasteiger partial charge in [0.25, 0.3) is 5.91 Å². The number of pyridine rings is 2. The van der Waals surface area contributed by atoms with E-state index in [2.05, 4.69) is 10.3 Å². The summed E-state index contributed by atoms with van der Waals surface area (Å²) in [5.74, 6) is -0.772. The first-order valence-electron chi connectivity index (χ1n) is 9.94. The van der Waals surface area contributed by atoms with E-state index < -0.39 is 17.9 Å². The van der Waals surface area contributed by atoms with Crippen LogP contribution in [0.2, 0.25) is 0 Å². The van der Waals surface area contributed by atoms with Gasteiger partial charge >= 0.3 is 5.97 Å². The molecule has 1 unspecified atom stereocenters. The van der Waals surface area contributed by atoms with Gasteiger partial charge in [-0.2, -0.15) is 0 Å². The summed E-state index contributed by atoms with van der Waals surface area (Å²) < 4.78 is 10.6. The molecule has 2 aromatic heterocycles. The normalized spacial score (nSPS) is 11.6. The number of carbonyl (C=O) groups is 2. The molecule has 0 aliphatic carbocycles. The second-order valence-corrected chi connectivity index (χ2v) is 6.97. The summed E-state index contributed by atoms with van der Waals surface area (Å²) in [7, 11) is 2.77. The summed E-state index contributed by atoms with van der Waals surface area (Å²) in [4.78, 5) is 34.8. The molecule has 7 nitrogen and oxygen atoms in total. The molecular weight excluding hydrogens is 406 g/mol. The number of aromatic nitrogens is 2. The molecule has 0 spiro atoms. The molecule has 32 heavy (non-hydrogen) atoms. The fourth-order valence-electron chi connectivity index (χ4n) is 3.56. The van der Waals surface area contributed by atoms with Gasteiger partial charge in [-0.05, 0) is 12.1 Å². The van der Waals surface area contributed by atoms with Gasteiger partial charge in [-0.1, -0.05) is 54.6 Å². The highest BCUT2D eigenvalue weighted by Gasteiger charge is 2.28. The molecule has 1 atom stereocenters. The molecule has 0 bridgehead atoms. The number of rotatable bonds is 6. The number of para-hydroxylation sites is 1. The number of fused-ring (bicyclic) bond motifs is 1. The van der Waals surface area contributed by atoms with Crippen LogP contribution in [0.3, 0.4) is 0 Å².